The number of aliphatic imine (C=N–C) groups is 1. The highest BCUT2D eigenvalue weighted by Crippen LogP contribution is 2.24. The Kier molecular flexibility index (Phi) is 7.94. The molecule has 2 heterocycles. The van der Waals surface area contributed by atoms with Crippen LogP contribution in [0.25, 0.3) is 0 Å². The molecule has 6 heteroatoms. The van der Waals surface area contributed by atoms with E-state index in [-0.39, 0.29) is 6.04 Å². The Morgan fingerprint density at radius 1 is 1.17 bits per heavy atom. The number of hydrogen-bond acceptors (Lipinski definition) is 4. The van der Waals surface area contributed by atoms with Gasteiger partial charge in [-0.2, -0.15) is 0 Å². The maximum Gasteiger partial charge on any atom is 0.191 e. The zero-order valence-corrected chi connectivity index (χ0v) is 18.9. The molecule has 0 bridgehead atoms. The molecule has 1 aliphatic rings. The molecule has 2 aromatic rings. The van der Waals surface area contributed by atoms with Crippen molar-refractivity contribution >= 4 is 17.5 Å². The monoisotopic (exact) mass is 408 g/mol. The Morgan fingerprint density at radius 3 is 2.57 bits per heavy atom. The highest BCUT2D eigenvalue weighted by molar-refractivity contribution is 5.80. The van der Waals surface area contributed by atoms with E-state index in [1.165, 1.54) is 24.1 Å². The topological polar surface area (TPSA) is 55.8 Å². The SMILES string of the molecule is CCN(CC)c1ccc(CNC(=NC)NC(C)c2cccc(N3CCCC3)c2)cn1. The molecule has 1 unspecified atom stereocenters. The van der Waals surface area contributed by atoms with Gasteiger partial charge >= 0.3 is 0 Å². The van der Waals surface area contributed by atoms with Gasteiger partial charge in [0.2, 0.25) is 0 Å². The molecular weight excluding hydrogens is 372 g/mol. The first-order chi connectivity index (χ1) is 14.6. The number of hydrogen-bond donors (Lipinski definition) is 2. The van der Waals surface area contributed by atoms with Gasteiger partial charge in [-0.3, -0.25) is 4.99 Å². The summed E-state index contributed by atoms with van der Waals surface area (Å²) >= 11 is 0. The Labute approximate surface area is 181 Å². The van der Waals surface area contributed by atoms with Crippen molar-refractivity contribution in [2.75, 3.05) is 43.0 Å². The first kappa shape index (κ1) is 21.9. The normalized spacial score (nSPS) is 15.2. The van der Waals surface area contributed by atoms with E-state index in [1.807, 2.05) is 13.2 Å². The molecular formula is C24H36N6. The van der Waals surface area contributed by atoms with E-state index in [0.29, 0.717) is 6.54 Å². The number of aromatic nitrogens is 1. The second kappa shape index (κ2) is 10.9. The quantitative estimate of drug-likeness (QED) is 0.512. The van der Waals surface area contributed by atoms with Gasteiger partial charge in [-0.1, -0.05) is 18.2 Å². The summed E-state index contributed by atoms with van der Waals surface area (Å²) in [5.41, 5.74) is 3.73. The summed E-state index contributed by atoms with van der Waals surface area (Å²) in [6, 6.07) is 13.2. The van der Waals surface area contributed by atoms with Crippen LogP contribution in [0.4, 0.5) is 11.5 Å². The largest absolute Gasteiger partial charge is 0.372 e. The summed E-state index contributed by atoms with van der Waals surface area (Å²) in [4.78, 5) is 13.7. The number of pyridine rings is 1. The molecule has 162 valence electrons. The van der Waals surface area contributed by atoms with E-state index in [4.69, 9.17) is 0 Å². The minimum absolute atomic E-state index is 0.168. The third-order valence-corrected chi connectivity index (χ3v) is 5.77. The van der Waals surface area contributed by atoms with Crippen molar-refractivity contribution in [3.63, 3.8) is 0 Å². The van der Waals surface area contributed by atoms with Crippen LogP contribution in [0.5, 0.6) is 0 Å². The number of benzene rings is 1. The lowest BCUT2D eigenvalue weighted by atomic mass is 10.1. The van der Waals surface area contributed by atoms with Crippen molar-refractivity contribution in [1.29, 1.82) is 0 Å². The minimum atomic E-state index is 0.168. The molecule has 0 radical (unpaired) electrons. The standard InChI is InChI=1S/C24H36N6/c1-5-29(6-2)23-13-12-20(17-26-23)18-27-24(25-4)28-19(3)21-10-9-11-22(16-21)30-14-7-8-15-30/h9-13,16-17,19H,5-8,14-15,18H2,1-4H3,(H2,25,27,28). The van der Waals surface area contributed by atoms with E-state index in [2.05, 4.69) is 87.6 Å². The van der Waals surface area contributed by atoms with Gasteiger partial charge in [-0.05, 0) is 62.9 Å². The fourth-order valence-corrected chi connectivity index (χ4v) is 3.89. The number of nitrogens with one attached hydrogen (secondary N) is 2. The van der Waals surface area contributed by atoms with Crippen molar-refractivity contribution in [2.45, 2.75) is 46.2 Å². The van der Waals surface area contributed by atoms with Crippen LogP contribution in [0.15, 0.2) is 47.6 Å². The summed E-state index contributed by atoms with van der Waals surface area (Å²) in [6.07, 6.45) is 4.52. The maximum absolute atomic E-state index is 4.60. The third-order valence-electron chi connectivity index (χ3n) is 5.77. The average Bonchev–Trinajstić information content (AvgIpc) is 3.33. The molecule has 1 aromatic heterocycles. The lowest BCUT2D eigenvalue weighted by Gasteiger charge is -2.22. The van der Waals surface area contributed by atoms with Crippen molar-refractivity contribution < 1.29 is 0 Å². The van der Waals surface area contributed by atoms with Crippen LogP contribution in [0.3, 0.4) is 0 Å². The van der Waals surface area contributed by atoms with Crippen LogP contribution in [-0.4, -0.2) is 44.2 Å². The van der Waals surface area contributed by atoms with Crippen molar-refractivity contribution in [2.24, 2.45) is 4.99 Å². The highest BCUT2D eigenvalue weighted by Gasteiger charge is 2.14. The molecule has 0 saturated carbocycles. The first-order valence-electron chi connectivity index (χ1n) is 11.2. The second-order valence-electron chi connectivity index (χ2n) is 7.78. The average molecular weight is 409 g/mol. The lowest BCUT2D eigenvalue weighted by Crippen LogP contribution is -2.38. The van der Waals surface area contributed by atoms with Gasteiger partial charge in [0.1, 0.15) is 5.82 Å². The fourth-order valence-electron chi connectivity index (χ4n) is 3.89. The molecule has 1 saturated heterocycles. The molecule has 0 amide bonds. The summed E-state index contributed by atoms with van der Waals surface area (Å²) in [7, 11) is 1.81. The van der Waals surface area contributed by atoms with Gasteiger partial charge in [-0.25, -0.2) is 4.98 Å². The third kappa shape index (κ3) is 5.65. The predicted molar refractivity (Wildman–Crippen MR) is 127 cm³/mol. The summed E-state index contributed by atoms with van der Waals surface area (Å²) in [5.74, 6) is 1.82. The first-order valence-corrected chi connectivity index (χ1v) is 11.2. The van der Waals surface area contributed by atoms with E-state index in [0.717, 1.165) is 43.5 Å². The van der Waals surface area contributed by atoms with Gasteiger partial charge in [0.05, 0.1) is 6.04 Å². The van der Waals surface area contributed by atoms with Crippen molar-refractivity contribution in [1.82, 2.24) is 15.6 Å². The number of rotatable bonds is 8. The predicted octanol–water partition coefficient (Wildman–Crippen LogP) is 3.95. The van der Waals surface area contributed by atoms with E-state index >= 15 is 0 Å². The Morgan fingerprint density at radius 2 is 1.93 bits per heavy atom. The molecule has 1 fully saturated rings. The van der Waals surface area contributed by atoms with E-state index in [1.54, 1.807) is 0 Å². The molecule has 1 atom stereocenters. The smallest absolute Gasteiger partial charge is 0.191 e. The Hall–Kier alpha value is -2.76. The molecule has 2 N–H and O–H groups in total. The maximum atomic E-state index is 4.60. The molecule has 1 aliphatic heterocycles. The lowest BCUT2D eigenvalue weighted by molar-refractivity contribution is 0.684. The number of anilines is 2. The Bertz CT molecular complexity index is 807. The highest BCUT2D eigenvalue weighted by atomic mass is 15.2. The molecule has 0 spiro atoms. The van der Waals surface area contributed by atoms with Crippen LogP contribution in [0.2, 0.25) is 0 Å². The summed E-state index contributed by atoms with van der Waals surface area (Å²) in [5, 5.41) is 6.92. The molecule has 6 nitrogen and oxygen atoms in total. The fraction of sp³-hybridized carbons (Fsp3) is 0.500. The zero-order valence-electron chi connectivity index (χ0n) is 18.9. The van der Waals surface area contributed by atoms with Crippen LogP contribution in [0, 0.1) is 0 Å². The van der Waals surface area contributed by atoms with E-state index in [9.17, 15) is 0 Å². The van der Waals surface area contributed by atoms with Gasteiger partial charge in [-0.15, -0.1) is 0 Å². The van der Waals surface area contributed by atoms with E-state index < -0.39 is 0 Å². The second-order valence-corrected chi connectivity index (χ2v) is 7.78. The number of guanidine groups is 1. The van der Waals surface area contributed by atoms with Crippen molar-refractivity contribution in [3.05, 3.63) is 53.7 Å². The van der Waals surface area contributed by atoms with Gasteiger partial charge in [0.25, 0.3) is 0 Å². The van der Waals surface area contributed by atoms with Crippen LogP contribution in [0.1, 0.15) is 50.8 Å². The molecule has 3 rings (SSSR count). The van der Waals surface area contributed by atoms with Crippen molar-refractivity contribution in [3.8, 4) is 0 Å². The summed E-state index contributed by atoms with van der Waals surface area (Å²) in [6.45, 7) is 11.4. The molecule has 30 heavy (non-hydrogen) atoms. The molecule has 1 aromatic carbocycles. The molecule has 0 aliphatic carbocycles. The Balaban J connectivity index is 1.56. The van der Waals surface area contributed by atoms with Gasteiger partial charge in [0, 0.05) is 51.7 Å². The number of nitrogens with zero attached hydrogens (tertiary/aromatic N) is 4. The zero-order chi connectivity index (χ0) is 21.3. The van der Waals surface area contributed by atoms with Crippen LogP contribution >= 0.6 is 0 Å². The summed E-state index contributed by atoms with van der Waals surface area (Å²) < 4.78 is 0. The van der Waals surface area contributed by atoms with Gasteiger partial charge < -0.3 is 20.4 Å². The van der Waals surface area contributed by atoms with Gasteiger partial charge in [0.15, 0.2) is 5.96 Å². The van der Waals surface area contributed by atoms with Crippen LogP contribution < -0.4 is 20.4 Å². The minimum Gasteiger partial charge on any atom is -0.372 e. The van der Waals surface area contributed by atoms with Crippen LogP contribution in [-0.2, 0) is 6.54 Å².